The fraction of sp³-hybridized carbons (Fsp3) is 0.423. The van der Waals surface area contributed by atoms with Crippen molar-refractivity contribution in [3.05, 3.63) is 63.6 Å². The molecule has 0 saturated heterocycles. The molecule has 2 heterocycles. The Kier molecular flexibility index (Phi) is 7.76. The summed E-state index contributed by atoms with van der Waals surface area (Å²) in [6.07, 6.45) is 0. The summed E-state index contributed by atoms with van der Waals surface area (Å²) in [6.45, 7) is 7.36. The zero-order valence-electron chi connectivity index (χ0n) is 21.3. The quantitative estimate of drug-likeness (QED) is 0.410. The fourth-order valence-corrected chi connectivity index (χ4v) is 4.48. The van der Waals surface area contributed by atoms with Crippen LogP contribution in [0.1, 0.15) is 23.6 Å². The van der Waals surface area contributed by atoms with E-state index < -0.39 is 5.76 Å². The number of hydrazine groups is 1. The largest absolute Gasteiger partial charge is 0.419 e. The van der Waals surface area contributed by atoms with Gasteiger partial charge >= 0.3 is 5.76 Å². The summed E-state index contributed by atoms with van der Waals surface area (Å²) >= 11 is 0. The van der Waals surface area contributed by atoms with Crippen LogP contribution in [-0.4, -0.2) is 66.2 Å². The van der Waals surface area contributed by atoms with Gasteiger partial charge in [0.05, 0.1) is 18.6 Å². The molecule has 0 unspecified atom stereocenters. The third-order valence-corrected chi connectivity index (χ3v) is 6.64. The molecule has 2 N–H and O–H groups in total. The third-order valence-electron chi connectivity index (χ3n) is 6.64. The molecule has 0 spiro atoms. The first-order valence-electron chi connectivity index (χ1n) is 12.2. The maximum Gasteiger partial charge on any atom is 0.419 e. The summed E-state index contributed by atoms with van der Waals surface area (Å²) in [5.41, 5.74) is 5.33. The molecular formula is C26H34N6O4. The summed E-state index contributed by atoms with van der Waals surface area (Å²) in [7, 11) is 3.39. The topological polar surface area (TPSA) is 103 Å². The van der Waals surface area contributed by atoms with Gasteiger partial charge in [-0.25, -0.2) is 9.80 Å². The van der Waals surface area contributed by atoms with E-state index in [0.29, 0.717) is 37.3 Å². The van der Waals surface area contributed by atoms with Crippen LogP contribution in [0.5, 0.6) is 0 Å². The number of oxazole rings is 1. The highest BCUT2D eigenvalue weighted by Gasteiger charge is 2.25. The minimum absolute atomic E-state index is 0.0791. The highest BCUT2D eigenvalue weighted by Crippen LogP contribution is 2.26. The zero-order chi connectivity index (χ0) is 25.8. The summed E-state index contributed by atoms with van der Waals surface area (Å²) in [6, 6.07) is 11.8. The molecule has 1 aromatic heterocycles. The van der Waals surface area contributed by atoms with Crippen LogP contribution in [-0.2, 0) is 29.7 Å². The minimum atomic E-state index is -0.428. The predicted molar refractivity (Wildman–Crippen MR) is 138 cm³/mol. The van der Waals surface area contributed by atoms with Gasteiger partial charge in [-0.05, 0) is 42.3 Å². The average molecular weight is 495 g/mol. The van der Waals surface area contributed by atoms with E-state index in [0.717, 1.165) is 17.8 Å². The summed E-state index contributed by atoms with van der Waals surface area (Å²) in [5, 5.41) is 9.61. The van der Waals surface area contributed by atoms with Gasteiger partial charge in [0.2, 0.25) is 5.91 Å². The van der Waals surface area contributed by atoms with Gasteiger partial charge in [0.15, 0.2) is 5.58 Å². The van der Waals surface area contributed by atoms with Crippen molar-refractivity contribution in [1.29, 1.82) is 0 Å². The molecule has 10 heteroatoms. The Balaban J connectivity index is 1.40. The molecule has 0 fully saturated rings. The number of likely N-dealkylation sites (N-methyl/N-ethyl adjacent to an activating group) is 2. The number of nitrogens with zero attached hydrogens (tertiary/aromatic N) is 4. The molecule has 0 aliphatic carbocycles. The number of hydrogen-bond donors (Lipinski definition) is 2. The molecule has 0 radical (unpaired) electrons. The molecule has 0 bridgehead atoms. The minimum Gasteiger partial charge on any atom is -0.408 e. The van der Waals surface area contributed by atoms with Crippen LogP contribution < -0.4 is 21.3 Å². The fourth-order valence-electron chi connectivity index (χ4n) is 4.48. The molecule has 0 atom stereocenters. The van der Waals surface area contributed by atoms with Crippen molar-refractivity contribution in [3.8, 4) is 0 Å². The second-order valence-electron chi connectivity index (χ2n) is 9.09. The molecule has 4 rings (SSSR count). The van der Waals surface area contributed by atoms with E-state index in [1.54, 1.807) is 19.1 Å². The van der Waals surface area contributed by atoms with Gasteiger partial charge in [-0.3, -0.25) is 19.2 Å². The number of amides is 2. The molecular weight excluding hydrogens is 460 g/mol. The number of carbonyl (C=O) groups excluding carboxylic acids is 2. The van der Waals surface area contributed by atoms with Crippen molar-refractivity contribution >= 4 is 28.6 Å². The molecule has 192 valence electrons. The molecule has 2 amide bonds. The Morgan fingerprint density at radius 3 is 2.50 bits per heavy atom. The number of rotatable bonds is 10. The first-order chi connectivity index (χ1) is 17.3. The number of anilines is 1. The van der Waals surface area contributed by atoms with E-state index in [4.69, 9.17) is 4.42 Å². The molecule has 10 nitrogen and oxygen atoms in total. The molecule has 1 aliphatic heterocycles. The lowest BCUT2D eigenvalue weighted by Crippen LogP contribution is -2.47. The van der Waals surface area contributed by atoms with Crippen LogP contribution in [0.15, 0.2) is 45.6 Å². The van der Waals surface area contributed by atoms with Gasteiger partial charge in [0.25, 0.3) is 5.91 Å². The Morgan fingerprint density at radius 2 is 1.83 bits per heavy atom. The van der Waals surface area contributed by atoms with Crippen LogP contribution >= 0.6 is 0 Å². The number of aryl methyl sites for hydroxylation is 2. The van der Waals surface area contributed by atoms with Gasteiger partial charge < -0.3 is 20.0 Å². The molecule has 36 heavy (non-hydrogen) atoms. The van der Waals surface area contributed by atoms with Crippen LogP contribution in [0.4, 0.5) is 5.69 Å². The number of aromatic nitrogens is 1. The second-order valence-corrected chi connectivity index (χ2v) is 9.09. The Labute approximate surface area is 210 Å². The lowest BCUT2D eigenvalue weighted by molar-refractivity contribution is -0.146. The number of fused-ring (bicyclic) bond motifs is 2. The first-order valence-corrected chi connectivity index (χ1v) is 12.2. The Bertz CT molecular complexity index is 1290. The van der Waals surface area contributed by atoms with Gasteiger partial charge in [0.1, 0.15) is 0 Å². The van der Waals surface area contributed by atoms with Crippen molar-refractivity contribution < 1.29 is 14.0 Å². The lowest BCUT2D eigenvalue weighted by atomic mass is 10.1. The van der Waals surface area contributed by atoms with Gasteiger partial charge in [0, 0.05) is 46.0 Å². The average Bonchev–Trinajstić information content (AvgIpc) is 3.41. The van der Waals surface area contributed by atoms with Crippen LogP contribution in [0.25, 0.3) is 11.1 Å². The summed E-state index contributed by atoms with van der Waals surface area (Å²) in [4.78, 5) is 39.6. The van der Waals surface area contributed by atoms with E-state index in [9.17, 15) is 14.4 Å². The number of carbonyl (C=O) groups is 2. The number of nitrogens with one attached hydrogen (secondary N) is 2. The van der Waals surface area contributed by atoms with Crippen LogP contribution in [0.3, 0.4) is 0 Å². The first kappa shape index (κ1) is 25.5. The van der Waals surface area contributed by atoms with Crippen LogP contribution in [0.2, 0.25) is 0 Å². The molecule has 3 aromatic rings. The molecule has 2 aromatic carbocycles. The van der Waals surface area contributed by atoms with Crippen molar-refractivity contribution in [2.24, 2.45) is 7.05 Å². The highest BCUT2D eigenvalue weighted by atomic mass is 16.4. The van der Waals surface area contributed by atoms with Crippen molar-refractivity contribution in [3.63, 3.8) is 0 Å². The van der Waals surface area contributed by atoms with Gasteiger partial charge in [-0.2, -0.15) is 0 Å². The monoisotopic (exact) mass is 494 g/mol. The lowest BCUT2D eigenvalue weighted by Gasteiger charge is -2.28. The second kappa shape index (κ2) is 11.0. The van der Waals surface area contributed by atoms with E-state index in [1.807, 2.05) is 48.0 Å². The summed E-state index contributed by atoms with van der Waals surface area (Å²) < 4.78 is 6.75. The van der Waals surface area contributed by atoms with Gasteiger partial charge in [-0.15, -0.1) is 0 Å². The third kappa shape index (κ3) is 5.44. The summed E-state index contributed by atoms with van der Waals surface area (Å²) in [5.74, 6) is -0.859. The van der Waals surface area contributed by atoms with Gasteiger partial charge in [-0.1, -0.05) is 31.2 Å². The molecule has 0 saturated carbocycles. The number of benzene rings is 2. The van der Waals surface area contributed by atoms with Crippen LogP contribution in [0, 0.1) is 6.92 Å². The van der Waals surface area contributed by atoms with E-state index in [1.165, 1.54) is 15.7 Å². The highest BCUT2D eigenvalue weighted by molar-refractivity contribution is 5.88. The van der Waals surface area contributed by atoms with Crippen molar-refractivity contribution in [2.75, 3.05) is 44.7 Å². The maximum absolute atomic E-state index is 12.9. The zero-order valence-corrected chi connectivity index (χ0v) is 21.3. The normalized spacial score (nSPS) is 13.1. The smallest absolute Gasteiger partial charge is 0.408 e. The maximum atomic E-state index is 12.9. The van der Waals surface area contributed by atoms with E-state index in [2.05, 4.69) is 22.8 Å². The standard InChI is InChI=1S/C26H34N6O4/c1-5-27-10-11-31(21-13-22-23(12-18(21)2)36-26(35)29(22)3)17-24(33)28-14-25(34)30(4)32-15-19-8-6-7-9-20(19)16-32/h6-9,12-13,27H,5,10-11,14-17H2,1-4H3,(H,28,33). The van der Waals surface area contributed by atoms with Crippen molar-refractivity contribution in [1.82, 2.24) is 25.2 Å². The molecule has 1 aliphatic rings. The number of hydrogen-bond acceptors (Lipinski definition) is 7. The SMILES string of the molecule is CCNCCN(CC(=O)NCC(=O)N(C)N1Cc2ccccc2C1)c1cc2c(cc1C)oc(=O)n2C. The van der Waals surface area contributed by atoms with E-state index in [-0.39, 0.29) is 24.9 Å². The van der Waals surface area contributed by atoms with E-state index >= 15 is 0 Å². The predicted octanol–water partition coefficient (Wildman–Crippen LogP) is 1.36. The Hall–Kier alpha value is -3.63. The van der Waals surface area contributed by atoms with Crippen molar-refractivity contribution in [2.45, 2.75) is 26.9 Å². The Morgan fingerprint density at radius 1 is 1.14 bits per heavy atom.